The molecule has 0 unspecified atom stereocenters. The van der Waals surface area contributed by atoms with Crippen LogP contribution in [0.1, 0.15) is 37.7 Å². The van der Waals surface area contributed by atoms with Crippen molar-refractivity contribution in [3.63, 3.8) is 0 Å². The van der Waals surface area contributed by atoms with Gasteiger partial charge in [-0.05, 0) is 31.1 Å². The summed E-state index contributed by atoms with van der Waals surface area (Å²) in [6, 6.07) is 8.72. The summed E-state index contributed by atoms with van der Waals surface area (Å²) >= 11 is 0. The topological polar surface area (TPSA) is 70.4 Å². The number of rotatable bonds is 9. The van der Waals surface area contributed by atoms with Crippen molar-refractivity contribution in [1.82, 2.24) is 30.3 Å². The van der Waals surface area contributed by atoms with E-state index in [0.717, 1.165) is 38.0 Å². The second-order valence-corrected chi connectivity index (χ2v) is 6.13. The molecule has 0 radical (unpaired) electrons. The number of aryl methyl sites for hydroxylation is 1. The molecule has 0 spiro atoms. The molecule has 2 rings (SSSR count). The van der Waals surface area contributed by atoms with Crippen LogP contribution in [0.4, 0.5) is 0 Å². The van der Waals surface area contributed by atoms with Crippen LogP contribution in [-0.2, 0) is 26.7 Å². The van der Waals surface area contributed by atoms with Gasteiger partial charge in [0.25, 0.3) is 0 Å². The monoisotopic (exact) mass is 485 g/mol. The minimum Gasteiger partial charge on any atom is -0.357 e. The zero-order chi connectivity index (χ0) is 18.8. The minimum atomic E-state index is 0. The summed E-state index contributed by atoms with van der Waals surface area (Å²) in [6.45, 7) is 11.6. The van der Waals surface area contributed by atoms with Crippen LogP contribution in [0.25, 0.3) is 0 Å². The van der Waals surface area contributed by atoms with E-state index in [-0.39, 0.29) is 24.0 Å². The van der Waals surface area contributed by atoms with Gasteiger partial charge in [0.1, 0.15) is 12.2 Å². The zero-order valence-corrected chi connectivity index (χ0v) is 19.1. The van der Waals surface area contributed by atoms with Crippen molar-refractivity contribution in [2.75, 3.05) is 19.6 Å². The van der Waals surface area contributed by atoms with Crippen LogP contribution < -0.4 is 10.6 Å². The highest BCUT2D eigenvalue weighted by atomic mass is 127. The number of halogens is 1. The first-order valence-electron chi connectivity index (χ1n) is 9.31. The zero-order valence-electron chi connectivity index (χ0n) is 16.8. The van der Waals surface area contributed by atoms with Gasteiger partial charge in [0.2, 0.25) is 0 Å². The maximum atomic E-state index is 4.66. The largest absolute Gasteiger partial charge is 0.357 e. The highest BCUT2D eigenvalue weighted by Gasteiger charge is 2.04. The van der Waals surface area contributed by atoms with Gasteiger partial charge in [0, 0.05) is 20.1 Å². The lowest BCUT2D eigenvalue weighted by atomic mass is 10.1. The van der Waals surface area contributed by atoms with E-state index in [2.05, 4.69) is 75.6 Å². The van der Waals surface area contributed by atoms with E-state index in [9.17, 15) is 0 Å². The predicted molar refractivity (Wildman–Crippen MR) is 121 cm³/mol. The molecular formula is C19H32IN7. The fourth-order valence-corrected chi connectivity index (χ4v) is 2.61. The molecule has 1 aromatic carbocycles. The lowest BCUT2D eigenvalue weighted by Crippen LogP contribution is -2.37. The first kappa shape index (κ1) is 23.4. The van der Waals surface area contributed by atoms with Gasteiger partial charge in [-0.25, -0.2) is 9.98 Å². The van der Waals surface area contributed by atoms with Crippen molar-refractivity contribution in [3.05, 3.63) is 47.5 Å². The Morgan fingerprint density at radius 2 is 1.74 bits per heavy atom. The number of nitrogens with zero attached hydrogens (tertiary/aromatic N) is 5. The molecular weight excluding hydrogens is 453 g/mol. The molecule has 0 saturated heterocycles. The Morgan fingerprint density at radius 1 is 1.07 bits per heavy atom. The molecule has 7 nitrogen and oxygen atoms in total. The number of aliphatic imine (C=N–C) groups is 1. The molecule has 0 aliphatic heterocycles. The quantitative estimate of drug-likeness (QED) is 0.325. The van der Waals surface area contributed by atoms with Crippen LogP contribution in [0, 0.1) is 0 Å². The molecule has 0 atom stereocenters. The highest BCUT2D eigenvalue weighted by molar-refractivity contribution is 14.0. The number of hydrogen-bond donors (Lipinski definition) is 2. The van der Waals surface area contributed by atoms with Crippen LogP contribution in [0.2, 0.25) is 0 Å². The van der Waals surface area contributed by atoms with Gasteiger partial charge >= 0.3 is 0 Å². The molecule has 0 aliphatic rings. The lowest BCUT2D eigenvalue weighted by molar-refractivity contribution is 0.296. The molecule has 1 aromatic heterocycles. The maximum absolute atomic E-state index is 4.66. The van der Waals surface area contributed by atoms with Crippen molar-refractivity contribution in [3.8, 4) is 0 Å². The first-order valence-corrected chi connectivity index (χ1v) is 9.31. The average Bonchev–Trinajstić information content (AvgIpc) is 3.08. The highest BCUT2D eigenvalue weighted by Crippen LogP contribution is 2.08. The van der Waals surface area contributed by atoms with E-state index in [0.29, 0.717) is 13.1 Å². The maximum Gasteiger partial charge on any atom is 0.191 e. The third-order valence-electron chi connectivity index (χ3n) is 4.31. The van der Waals surface area contributed by atoms with Crippen molar-refractivity contribution in [1.29, 1.82) is 0 Å². The smallest absolute Gasteiger partial charge is 0.191 e. The molecule has 1 heterocycles. The second kappa shape index (κ2) is 12.7. The van der Waals surface area contributed by atoms with E-state index in [1.807, 2.05) is 7.05 Å². The Bertz CT molecular complexity index is 678. The van der Waals surface area contributed by atoms with E-state index in [4.69, 9.17) is 0 Å². The second-order valence-electron chi connectivity index (χ2n) is 6.13. The fourth-order valence-electron chi connectivity index (χ4n) is 2.61. The molecule has 2 aromatic rings. The number of guanidine groups is 1. The van der Waals surface area contributed by atoms with E-state index in [1.165, 1.54) is 11.1 Å². The van der Waals surface area contributed by atoms with E-state index in [1.54, 1.807) is 11.0 Å². The molecule has 27 heavy (non-hydrogen) atoms. The van der Waals surface area contributed by atoms with Gasteiger partial charge in [0.15, 0.2) is 5.96 Å². The predicted octanol–water partition coefficient (Wildman–Crippen LogP) is 2.53. The van der Waals surface area contributed by atoms with Crippen molar-refractivity contribution >= 4 is 29.9 Å². The molecule has 8 heteroatoms. The molecule has 0 amide bonds. The molecule has 0 saturated carbocycles. The summed E-state index contributed by atoms with van der Waals surface area (Å²) in [5.41, 5.74) is 2.54. The summed E-state index contributed by atoms with van der Waals surface area (Å²) in [5, 5.41) is 10.6. The summed E-state index contributed by atoms with van der Waals surface area (Å²) < 4.78 is 1.76. The minimum absolute atomic E-state index is 0. The molecule has 150 valence electrons. The number of hydrogen-bond acceptors (Lipinski definition) is 4. The number of aromatic nitrogens is 3. The van der Waals surface area contributed by atoms with Gasteiger partial charge in [-0.2, -0.15) is 5.10 Å². The fraction of sp³-hybridized carbons (Fsp3) is 0.526. The van der Waals surface area contributed by atoms with Crippen LogP contribution in [0.5, 0.6) is 0 Å². The normalized spacial score (nSPS) is 11.4. The summed E-state index contributed by atoms with van der Waals surface area (Å²) in [6.07, 6.45) is 1.56. The Labute approximate surface area is 179 Å². The number of benzene rings is 1. The molecule has 0 bridgehead atoms. The number of nitrogens with one attached hydrogen (secondary N) is 2. The Morgan fingerprint density at radius 3 is 2.30 bits per heavy atom. The van der Waals surface area contributed by atoms with Crippen molar-refractivity contribution < 1.29 is 0 Å². The van der Waals surface area contributed by atoms with Gasteiger partial charge in [0.05, 0.1) is 13.1 Å². The molecule has 0 aliphatic carbocycles. The van der Waals surface area contributed by atoms with Crippen LogP contribution >= 0.6 is 24.0 Å². The average molecular weight is 485 g/mol. The Hall–Kier alpha value is -1.68. The Balaban J connectivity index is 0.00000364. The molecule has 2 N–H and O–H groups in total. The van der Waals surface area contributed by atoms with Crippen LogP contribution in [-0.4, -0.2) is 45.3 Å². The lowest BCUT2D eigenvalue weighted by Gasteiger charge is -2.18. The van der Waals surface area contributed by atoms with Crippen LogP contribution in [0.15, 0.2) is 35.6 Å². The van der Waals surface area contributed by atoms with Crippen molar-refractivity contribution in [2.24, 2.45) is 12.0 Å². The van der Waals surface area contributed by atoms with Crippen LogP contribution in [0.3, 0.4) is 0 Å². The van der Waals surface area contributed by atoms with E-state index < -0.39 is 0 Å². The standard InChI is InChI=1S/C19H31N7.HI/c1-5-20-19(22-13-18-23-15-24-25(18)4)21-12-16-8-10-17(11-9-16)14-26(6-2)7-3;/h8-11,15H,5-7,12-14H2,1-4H3,(H2,20,21,22);1H. The third-order valence-corrected chi connectivity index (χ3v) is 4.31. The van der Waals surface area contributed by atoms with E-state index >= 15 is 0 Å². The van der Waals surface area contributed by atoms with Gasteiger partial charge < -0.3 is 10.6 Å². The molecule has 0 fully saturated rings. The summed E-state index contributed by atoms with van der Waals surface area (Å²) in [7, 11) is 1.88. The summed E-state index contributed by atoms with van der Waals surface area (Å²) in [5.74, 6) is 1.65. The van der Waals surface area contributed by atoms with Gasteiger partial charge in [-0.3, -0.25) is 9.58 Å². The van der Waals surface area contributed by atoms with Crippen molar-refractivity contribution in [2.45, 2.75) is 40.4 Å². The third kappa shape index (κ3) is 7.84. The van der Waals surface area contributed by atoms with Gasteiger partial charge in [-0.1, -0.05) is 38.1 Å². The first-order chi connectivity index (χ1) is 12.7. The Kier molecular flexibility index (Phi) is 11.0. The SMILES string of the molecule is CCNC(=NCc1ccc(CN(CC)CC)cc1)NCc1ncnn1C.I. The summed E-state index contributed by atoms with van der Waals surface area (Å²) in [4.78, 5) is 11.3. The van der Waals surface area contributed by atoms with Gasteiger partial charge in [-0.15, -0.1) is 24.0 Å².